The highest BCUT2D eigenvalue weighted by Crippen LogP contribution is 2.33. The van der Waals surface area contributed by atoms with Crippen LogP contribution in [0.2, 0.25) is 0 Å². The highest BCUT2D eigenvalue weighted by Gasteiger charge is 2.32. The van der Waals surface area contributed by atoms with Crippen molar-refractivity contribution in [2.24, 2.45) is 5.92 Å². The predicted octanol–water partition coefficient (Wildman–Crippen LogP) is 3.23. The number of nitro benzene ring substituents is 1. The van der Waals surface area contributed by atoms with Gasteiger partial charge in [-0.15, -0.1) is 0 Å². The molecule has 7 nitrogen and oxygen atoms in total. The number of halogens is 1. The van der Waals surface area contributed by atoms with Crippen molar-refractivity contribution in [3.05, 3.63) is 39.7 Å². The van der Waals surface area contributed by atoms with Gasteiger partial charge in [-0.2, -0.15) is 0 Å². The number of carbonyl (C=O) groups is 2. The first-order chi connectivity index (χ1) is 11.7. The SMILES string of the molecule is CCOC(=O)CN(C(=O)CC)C(c1cc([N+](=O)[O-])ccc1F)C(C)C. The Morgan fingerprint density at radius 1 is 1.32 bits per heavy atom. The molecule has 8 heteroatoms. The van der Waals surface area contributed by atoms with E-state index >= 15 is 0 Å². The predicted molar refractivity (Wildman–Crippen MR) is 89.3 cm³/mol. The van der Waals surface area contributed by atoms with Gasteiger partial charge in [-0.3, -0.25) is 19.7 Å². The van der Waals surface area contributed by atoms with Gasteiger partial charge in [-0.25, -0.2) is 4.39 Å². The number of esters is 1. The van der Waals surface area contributed by atoms with Gasteiger partial charge in [0, 0.05) is 24.1 Å². The van der Waals surface area contributed by atoms with E-state index in [1.807, 2.05) is 0 Å². The summed E-state index contributed by atoms with van der Waals surface area (Å²) in [6, 6.07) is 2.35. The second-order valence-electron chi connectivity index (χ2n) is 5.83. The van der Waals surface area contributed by atoms with Crippen LogP contribution in [0.1, 0.15) is 45.7 Å². The summed E-state index contributed by atoms with van der Waals surface area (Å²) < 4.78 is 19.3. The van der Waals surface area contributed by atoms with Crippen molar-refractivity contribution in [1.29, 1.82) is 0 Å². The Morgan fingerprint density at radius 3 is 2.44 bits per heavy atom. The molecule has 0 spiro atoms. The first kappa shape index (κ1) is 20.5. The number of amides is 1. The molecule has 0 bridgehead atoms. The quantitative estimate of drug-likeness (QED) is 0.406. The molecule has 0 radical (unpaired) electrons. The van der Waals surface area contributed by atoms with Crippen molar-refractivity contribution in [1.82, 2.24) is 4.90 Å². The Bertz CT molecular complexity index is 648. The van der Waals surface area contributed by atoms with E-state index in [4.69, 9.17) is 4.74 Å². The fourth-order valence-corrected chi connectivity index (χ4v) is 2.65. The van der Waals surface area contributed by atoms with Gasteiger partial charge in [-0.05, 0) is 18.9 Å². The standard InChI is InChI=1S/C17H23FN2O5/c1-5-15(21)19(10-16(22)25-6-2)17(11(3)4)13-9-12(20(23)24)7-8-14(13)18/h7-9,11,17H,5-6,10H2,1-4H3. The number of hydrogen-bond acceptors (Lipinski definition) is 5. The second kappa shape index (κ2) is 9.10. The number of benzene rings is 1. The van der Waals surface area contributed by atoms with Gasteiger partial charge in [0.05, 0.1) is 17.6 Å². The molecule has 1 amide bonds. The average Bonchev–Trinajstić information content (AvgIpc) is 2.54. The molecule has 0 aliphatic heterocycles. The Labute approximate surface area is 145 Å². The third-order valence-corrected chi connectivity index (χ3v) is 3.70. The van der Waals surface area contributed by atoms with Gasteiger partial charge >= 0.3 is 5.97 Å². The van der Waals surface area contributed by atoms with Crippen molar-refractivity contribution < 1.29 is 23.6 Å². The van der Waals surface area contributed by atoms with E-state index < -0.39 is 22.8 Å². The minimum absolute atomic E-state index is 0.00954. The lowest BCUT2D eigenvalue weighted by Crippen LogP contribution is -2.41. The number of rotatable bonds is 8. The Kier molecular flexibility index (Phi) is 7.47. The van der Waals surface area contributed by atoms with Crippen LogP contribution in [0, 0.1) is 21.8 Å². The Hall–Kier alpha value is -2.51. The van der Waals surface area contributed by atoms with Crippen LogP contribution in [-0.4, -0.2) is 34.9 Å². The Morgan fingerprint density at radius 2 is 1.96 bits per heavy atom. The summed E-state index contributed by atoms with van der Waals surface area (Å²) in [5.74, 6) is -1.91. The van der Waals surface area contributed by atoms with Crippen molar-refractivity contribution in [2.45, 2.75) is 40.2 Å². The van der Waals surface area contributed by atoms with Gasteiger partial charge in [0.25, 0.3) is 5.69 Å². The zero-order valence-corrected chi connectivity index (χ0v) is 14.8. The van der Waals surface area contributed by atoms with Crippen molar-refractivity contribution in [3.63, 3.8) is 0 Å². The van der Waals surface area contributed by atoms with E-state index in [1.54, 1.807) is 27.7 Å². The maximum absolute atomic E-state index is 14.4. The second-order valence-corrected chi connectivity index (χ2v) is 5.83. The zero-order chi connectivity index (χ0) is 19.1. The molecule has 0 aliphatic carbocycles. The molecule has 1 atom stereocenters. The van der Waals surface area contributed by atoms with E-state index in [-0.39, 0.29) is 42.6 Å². The summed E-state index contributed by atoms with van der Waals surface area (Å²) >= 11 is 0. The summed E-state index contributed by atoms with van der Waals surface area (Å²) in [6.45, 7) is 6.59. The smallest absolute Gasteiger partial charge is 0.325 e. The van der Waals surface area contributed by atoms with Gasteiger partial charge in [0.15, 0.2) is 0 Å². The molecule has 25 heavy (non-hydrogen) atoms. The van der Waals surface area contributed by atoms with Crippen LogP contribution in [0.15, 0.2) is 18.2 Å². The van der Waals surface area contributed by atoms with Gasteiger partial charge in [-0.1, -0.05) is 20.8 Å². The van der Waals surface area contributed by atoms with Crippen LogP contribution >= 0.6 is 0 Å². The van der Waals surface area contributed by atoms with Crippen LogP contribution in [0.5, 0.6) is 0 Å². The van der Waals surface area contributed by atoms with Gasteiger partial charge < -0.3 is 9.64 Å². The average molecular weight is 354 g/mol. The van der Waals surface area contributed by atoms with Crippen molar-refractivity contribution in [3.8, 4) is 0 Å². The van der Waals surface area contributed by atoms with Crippen LogP contribution in [0.3, 0.4) is 0 Å². The minimum Gasteiger partial charge on any atom is -0.465 e. The molecule has 0 aliphatic rings. The molecule has 1 aromatic rings. The summed E-state index contributed by atoms with van der Waals surface area (Å²) in [5, 5.41) is 11.0. The minimum atomic E-state index is -0.822. The molecule has 1 rings (SSSR count). The first-order valence-electron chi connectivity index (χ1n) is 8.11. The molecule has 0 N–H and O–H groups in total. The number of carbonyl (C=O) groups excluding carboxylic acids is 2. The fourth-order valence-electron chi connectivity index (χ4n) is 2.65. The highest BCUT2D eigenvalue weighted by molar-refractivity contribution is 5.82. The highest BCUT2D eigenvalue weighted by atomic mass is 19.1. The van der Waals surface area contributed by atoms with Crippen LogP contribution in [0.4, 0.5) is 10.1 Å². The summed E-state index contributed by atoms with van der Waals surface area (Å²) in [4.78, 5) is 35.8. The number of non-ortho nitro benzene ring substituents is 1. The summed E-state index contributed by atoms with van der Waals surface area (Å²) in [6.07, 6.45) is 0.110. The molecule has 1 aromatic carbocycles. The lowest BCUT2D eigenvalue weighted by molar-refractivity contribution is -0.385. The lowest BCUT2D eigenvalue weighted by Gasteiger charge is -2.34. The number of hydrogen-bond donors (Lipinski definition) is 0. The number of nitro groups is 1. The third kappa shape index (κ3) is 5.23. The van der Waals surface area contributed by atoms with E-state index in [2.05, 4.69) is 0 Å². The molecule has 1 unspecified atom stereocenters. The molecular weight excluding hydrogens is 331 g/mol. The monoisotopic (exact) mass is 354 g/mol. The third-order valence-electron chi connectivity index (χ3n) is 3.70. The molecule has 0 saturated carbocycles. The topological polar surface area (TPSA) is 89.8 Å². The normalized spacial score (nSPS) is 11.9. The number of ether oxygens (including phenoxy) is 1. The maximum atomic E-state index is 14.4. The molecule has 0 fully saturated rings. The molecule has 138 valence electrons. The zero-order valence-electron chi connectivity index (χ0n) is 14.8. The van der Waals surface area contributed by atoms with Crippen molar-refractivity contribution >= 4 is 17.6 Å². The van der Waals surface area contributed by atoms with E-state index in [1.165, 1.54) is 4.90 Å². The maximum Gasteiger partial charge on any atom is 0.325 e. The fraction of sp³-hybridized carbons (Fsp3) is 0.529. The molecule has 0 saturated heterocycles. The van der Waals surface area contributed by atoms with Gasteiger partial charge in [0.1, 0.15) is 12.4 Å². The largest absolute Gasteiger partial charge is 0.465 e. The lowest BCUT2D eigenvalue weighted by atomic mass is 9.93. The molecular formula is C17H23FN2O5. The van der Waals surface area contributed by atoms with E-state index in [0.717, 1.165) is 18.2 Å². The van der Waals surface area contributed by atoms with Crippen LogP contribution in [-0.2, 0) is 14.3 Å². The molecule has 0 aromatic heterocycles. The van der Waals surface area contributed by atoms with E-state index in [0.29, 0.717) is 0 Å². The van der Waals surface area contributed by atoms with Crippen molar-refractivity contribution in [2.75, 3.05) is 13.2 Å². The number of nitrogens with zero attached hydrogens (tertiary/aromatic N) is 2. The van der Waals surface area contributed by atoms with Crippen LogP contribution in [0.25, 0.3) is 0 Å². The molecule has 0 heterocycles. The summed E-state index contributed by atoms with van der Waals surface area (Å²) in [7, 11) is 0. The Balaban J connectivity index is 3.38. The van der Waals surface area contributed by atoms with Crippen LogP contribution < -0.4 is 0 Å². The summed E-state index contributed by atoms with van der Waals surface area (Å²) in [5.41, 5.74) is -0.266. The van der Waals surface area contributed by atoms with Gasteiger partial charge in [0.2, 0.25) is 5.91 Å². The van der Waals surface area contributed by atoms with E-state index in [9.17, 15) is 24.1 Å². The first-order valence-corrected chi connectivity index (χ1v) is 8.11.